The van der Waals surface area contributed by atoms with Gasteiger partial charge in [-0.15, -0.1) is 0 Å². The average Bonchev–Trinajstić information content (AvgIpc) is 2.25. The summed E-state index contributed by atoms with van der Waals surface area (Å²) in [7, 11) is 1.78. The molecule has 0 amide bonds. The van der Waals surface area contributed by atoms with Crippen LogP contribution < -0.4 is 5.32 Å². The second kappa shape index (κ2) is 10.4. The standard InChI is InChI=1S/C13H29NOS/c1-6-8-14-13(10-16-11(2)3)12(4)7-9-15-5/h11-14H,6-10H2,1-5H3. The molecule has 2 unspecified atom stereocenters. The van der Waals surface area contributed by atoms with Gasteiger partial charge in [0.15, 0.2) is 0 Å². The predicted molar refractivity (Wildman–Crippen MR) is 75.3 cm³/mol. The molecule has 0 aromatic heterocycles. The van der Waals surface area contributed by atoms with Crippen molar-refractivity contribution in [1.82, 2.24) is 5.32 Å². The van der Waals surface area contributed by atoms with Crippen molar-refractivity contribution in [1.29, 1.82) is 0 Å². The highest BCUT2D eigenvalue weighted by molar-refractivity contribution is 7.99. The molecule has 0 aromatic rings. The summed E-state index contributed by atoms with van der Waals surface area (Å²) in [6, 6.07) is 0.627. The van der Waals surface area contributed by atoms with E-state index in [9.17, 15) is 0 Å². The minimum absolute atomic E-state index is 0.627. The third-order valence-electron chi connectivity index (χ3n) is 2.73. The van der Waals surface area contributed by atoms with Gasteiger partial charge in [-0.25, -0.2) is 0 Å². The van der Waals surface area contributed by atoms with Crippen LogP contribution in [0.2, 0.25) is 0 Å². The van der Waals surface area contributed by atoms with Crippen molar-refractivity contribution in [3.63, 3.8) is 0 Å². The van der Waals surface area contributed by atoms with Gasteiger partial charge in [-0.3, -0.25) is 0 Å². The lowest BCUT2D eigenvalue weighted by atomic mass is 10.00. The molecular weight excluding hydrogens is 218 g/mol. The maximum Gasteiger partial charge on any atom is 0.0465 e. The number of hydrogen-bond donors (Lipinski definition) is 1. The lowest BCUT2D eigenvalue weighted by Crippen LogP contribution is -2.38. The molecule has 2 nitrogen and oxygen atoms in total. The number of methoxy groups -OCH3 is 1. The number of nitrogens with one attached hydrogen (secondary N) is 1. The molecular formula is C13H29NOS. The third-order valence-corrected chi connectivity index (χ3v) is 3.95. The van der Waals surface area contributed by atoms with E-state index in [1.54, 1.807) is 7.11 Å². The minimum Gasteiger partial charge on any atom is -0.385 e. The summed E-state index contributed by atoms with van der Waals surface area (Å²) >= 11 is 2.05. The molecule has 0 aliphatic carbocycles. The van der Waals surface area contributed by atoms with E-state index in [0.717, 1.165) is 24.8 Å². The number of rotatable bonds is 10. The first-order valence-electron chi connectivity index (χ1n) is 6.45. The van der Waals surface area contributed by atoms with Crippen LogP contribution in [0.1, 0.15) is 40.5 Å². The zero-order chi connectivity index (χ0) is 12.4. The average molecular weight is 247 g/mol. The summed E-state index contributed by atoms with van der Waals surface area (Å²) in [5.74, 6) is 1.90. The van der Waals surface area contributed by atoms with Crippen LogP contribution in [0.15, 0.2) is 0 Å². The van der Waals surface area contributed by atoms with Gasteiger partial charge in [-0.2, -0.15) is 11.8 Å². The van der Waals surface area contributed by atoms with E-state index in [4.69, 9.17) is 4.74 Å². The van der Waals surface area contributed by atoms with Crippen LogP contribution in [0.4, 0.5) is 0 Å². The first-order chi connectivity index (χ1) is 7.61. The minimum atomic E-state index is 0.627. The normalized spacial score (nSPS) is 15.4. The van der Waals surface area contributed by atoms with Crippen molar-refractivity contribution in [3.8, 4) is 0 Å². The van der Waals surface area contributed by atoms with Crippen LogP contribution in [0, 0.1) is 5.92 Å². The van der Waals surface area contributed by atoms with Gasteiger partial charge in [0.05, 0.1) is 0 Å². The molecule has 0 aliphatic heterocycles. The van der Waals surface area contributed by atoms with Crippen LogP contribution in [-0.2, 0) is 4.74 Å². The Morgan fingerprint density at radius 3 is 2.44 bits per heavy atom. The molecule has 0 radical (unpaired) electrons. The van der Waals surface area contributed by atoms with Gasteiger partial charge < -0.3 is 10.1 Å². The van der Waals surface area contributed by atoms with Gasteiger partial charge in [0.2, 0.25) is 0 Å². The van der Waals surface area contributed by atoms with Crippen molar-refractivity contribution < 1.29 is 4.74 Å². The molecule has 0 aliphatic rings. The molecule has 3 heteroatoms. The quantitative estimate of drug-likeness (QED) is 0.641. The van der Waals surface area contributed by atoms with Gasteiger partial charge in [-0.05, 0) is 30.6 Å². The Balaban J connectivity index is 3.95. The van der Waals surface area contributed by atoms with Crippen LogP contribution in [0.5, 0.6) is 0 Å². The molecule has 98 valence electrons. The second-order valence-electron chi connectivity index (χ2n) is 4.70. The van der Waals surface area contributed by atoms with Gasteiger partial charge in [-0.1, -0.05) is 27.7 Å². The molecule has 0 aromatic carbocycles. The fraction of sp³-hybridized carbons (Fsp3) is 1.00. The molecule has 0 saturated carbocycles. The van der Waals surface area contributed by atoms with Gasteiger partial charge in [0.25, 0.3) is 0 Å². The summed E-state index contributed by atoms with van der Waals surface area (Å²) in [4.78, 5) is 0. The maximum absolute atomic E-state index is 5.16. The summed E-state index contributed by atoms with van der Waals surface area (Å²) in [5, 5.41) is 4.38. The largest absolute Gasteiger partial charge is 0.385 e. The van der Waals surface area contributed by atoms with Crippen molar-refractivity contribution in [2.24, 2.45) is 5.92 Å². The second-order valence-corrected chi connectivity index (χ2v) is 6.31. The zero-order valence-corrected chi connectivity index (χ0v) is 12.4. The van der Waals surface area contributed by atoms with E-state index in [1.165, 1.54) is 12.2 Å². The Bertz CT molecular complexity index is 153. The first kappa shape index (κ1) is 16.3. The number of thioether (sulfide) groups is 1. The third kappa shape index (κ3) is 8.43. The molecule has 0 heterocycles. The van der Waals surface area contributed by atoms with Gasteiger partial charge >= 0.3 is 0 Å². The maximum atomic E-state index is 5.16. The predicted octanol–water partition coefficient (Wildman–Crippen LogP) is 3.17. The molecule has 2 atom stereocenters. The molecule has 0 saturated heterocycles. The monoisotopic (exact) mass is 247 g/mol. The van der Waals surface area contributed by atoms with Crippen molar-refractivity contribution in [3.05, 3.63) is 0 Å². The lowest BCUT2D eigenvalue weighted by molar-refractivity contribution is 0.172. The van der Waals surface area contributed by atoms with Crippen molar-refractivity contribution in [2.45, 2.75) is 51.8 Å². The van der Waals surface area contributed by atoms with Crippen molar-refractivity contribution in [2.75, 3.05) is 26.0 Å². The SMILES string of the molecule is CCCNC(CSC(C)C)C(C)CCOC. The van der Waals surface area contributed by atoms with Gasteiger partial charge in [0.1, 0.15) is 0 Å². The Labute approximate surface area is 106 Å². The number of ether oxygens (including phenoxy) is 1. The van der Waals surface area contributed by atoms with E-state index >= 15 is 0 Å². The highest BCUT2D eigenvalue weighted by Gasteiger charge is 2.16. The molecule has 16 heavy (non-hydrogen) atoms. The van der Waals surface area contributed by atoms with E-state index < -0.39 is 0 Å². The van der Waals surface area contributed by atoms with E-state index in [1.807, 2.05) is 11.8 Å². The van der Waals surface area contributed by atoms with E-state index in [2.05, 4.69) is 33.0 Å². The summed E-state index contributed by atoms with van der Waals surface area (Å²) in [6.45, 7) is 11.1. The van der Waals surface area contributed by atoms with E-state index in [-0.39, 0.29) is 0 Å². The van der Waals surface area contributed by atoms with Crippen molar-refractivity contribution >= 4 is 11.8 Å². The fourth-order valence-corrected chi connectivity index (χ4v) is 2.59. The topological polar surface area (TPSA) is 21.3 Å². The molecule has 0 spiro atoms. The molecule has 0 bridgehead atoms. The number of hydrogen-bond acceptors (Lipinski definition) is 3. The summed E-state index contributed by atoms with van der Waals surface area (Å²) < 4.78 is 5.16. The van der Waals surface area contributed by atoms with Crippen LogP contribution in [0.25, 0.3) is 0 Å². The first-order valence-corrected chi connectivity index (χ1v) is 7.50. The Hall–Kier alpha value is 0.270. The molecule has 1 N–H and O–H groups in total. The fourth-order valence-electron chi connectivity index (χ4n) is 1.56. The molecule has 0 fully saturated rings. The Morgan fingerprint density at radius 2 is 1.94 bits per heavy atom. The zero-order valence-electron chi connectivity index (χ0n) is 11.6. The van der Waals surface area contributed by atoms with Crippen LogP contribution in [0.3, 0.4) is 0 Å². The Morgan fingerprint density at radius 1 is 1.25 bits per heavy atom. The highest BCUT2D eigenvalue weighted by Crippen LogP contribution is 2.17. The molecule has 0 rings (SSSR count). The summed E-state index contributed by atoms with van der Waals surface area (Å²) in [5.41, 5.74) is 0. The van der Waals surface area contributed by atoms with Crippen LogP contribution >= 0.6 is 11.8 Å². The summed E-state index contributed by atoms with van der Waals surface area (Å²) in [6.07, 6.45) is 2.36. The lowest BCUT2D eigenvalue weighted by Gasteiger charge is -2.25. The smallest absolute Gasteiger partial charge is 0.0465 e. The van der Waals surface area contributed by atoms with E-state index in [0.29, 0.717) is 12.0 Å². The Kier molecular flexibility index (Phi) is 10.6. The van der Waals surface area contributed by atoms with Gasteiger partial charge in [0, 0.05) is 25.5 Å². The van der Waals surface area contributed by atoms with Crippen LogP contribution in [-0.4, -0.2) is 37.3 Å². The highest BCUT2D eigenvalue weighted by atomic mass is 32.2.